The Morgan fingerprint density at radius 1 is 0.737 bits per heavy atom. The van der Waals surface area contributed by atoms with Crippen molar-refractivity contribution in [1.82, 2.24) is 0 Å². The second kappa shape index (κ2) is 11.1. The Morgan fingerprint density at radius 2 is 1.37 bits per heavy atom. The summed E-state index contributed by atoms with van der Waals surface area (Å²) in [6.07, 6.45) is 0. The summed E-state index contributed by atoms with van der Waals surface area (Å²) in [6.45, 7) is 6.32. The van der Waals surface area contributed by atoms with Crippen LogP contribution in [0.3, 0.4) is 0 Å². The molecule has 0 aromatic heterocycles. The van der Waals surface area contributed by atoms with Crippen molar-refractivity contribution >= 4 is 23.4 Å². The molecule has 0 heterocycles. The van der Waals surface area contributed by atoms with Crippen LogP contribution < -0.4 is 20.1 Å². The minimum Gasteiger partial charge on any atom is -0.496 e. The summed E-state index contributed by atoms with van der Waals surface area (Å²) in [5.74, 6) is 0.293. The third-order valence-corrected chi connectivity index (χ3v) is 5.94. The normalized spacial score (nSPS) is 10.9. The largest absolute Gasteiger partial charge is 0.496 e. The summed E-state index contributed by atoms with van der Waals surface area (Å²) in [6, 6.07) is 26.7. The van der Waals surface area contributed by atoms with Crippen molar-refractivity contribution in [3.8, 4) is 28.4 Å². The van der Waals surface area contributed by atoms with Gasteiger partial charge in [0, 0.05) is 11.3 Å². The van der Waals surface area contributed by atoms with E-state index in [2.05, 4.69) is 31.4 Å². The summed E-state index contributed by atoms with van der Waals surface area (Å²) in [5, 5.41) is 15.3. The number of benzene rings is 4. The Balaban J connectivity index is 1.74. The molecule has 0 aliphatic heterocycles. The summed E-state index contributed by atoms with van der Waals surface area (Å²) in [4.78, 5) is 24.7. The van der Waals surface area contributed by atoms with Gasteiger partial charge in [-0.3, -0.25) is 0 Å². The summed E-state index contributed by atoms with van der Waals surface area (Å²) in [7, 11) is 1.43. The van der Waals surface area contributed by atoms with E-state index in [1.54, 1.807) is 42.5 Å². The minimum absolute atomic E-state index is 0.0424. The number of methoxy groups -OCH3 is 1. The first-order valence-corrected chi connectivity index (χ1v) is 12.1. The maximum Gasteiger partial charge on any atom is 0.339 e. The van der Waals surface area contributed by atoms with E-state index < -0.39 is 12.0 Å². The van der Waals surface area contributed by atoms with Crippen LogP contribution >= 0.6 is 0 Å². The molecule has 3 N–H and O–H groups in total. The molecule has 2 amide bonds. The molecule has 0 unspecified atom stereocenters. The first-order chi connectivity index (χ1) is 18.2. The molecule has 0 spiro atoms. The zero-order valence-electron chi connectivity index (χ0n) is 21.7. The van der Waals surface area contributed by atoms with Gasteiger partial charge in [-0.05, 0) is 59.0 Å². The van der Waals surface area contributed by atoms with Gasteiger partial charge in [-0.25, -0.2) is 9.59 Å². The standard InChI is InChI=1S/C31H30N2O5/c1-31(2,3)24-12-8-9-13-27(24)38-28-17-15-21(20-14-16-26(37-4)23(18-20)29(34)35)19-25(28)33-30(36)32-22-10-6-5-7-11-22/h5-19H,1-4H3,(H,34,35)(H2,32,33,36). The van der Waals surface area contributed by atoms with Gasteiger partial charge in [0.15, 0.2) is 5.75 Å². The zero-order chi connectivity index (χ0) is 27.3. The monoisotopic (exact) mass is 510 g/mol. The maximum atomic E-state index is 12.9. The van der Waals surface area contributed by atoms with Gasteiger partial charge in [0.25, 0.3) is 0 Å². The number of anilines is 2. The van der Waals surface area contributed by atoms with Crippen LogP contribution in [-0.4, -0.2) is 24.2 Å². The van der Waals surface area contributed by atoms with Gasteiger partial charge in [0.1, 0.15) is 17.1 Å². The van der Waals surface area contributed by atoms with Crippen LogP contribution in [0.4, 0.5) is 16.2 Å². The highest BCUT2D eigenvalue weighted by Gasteiger charge is 2.20. The van der Waals surface area contributed by atoms with Gasteiger partial charge in [-0.2, -0.15) is 0 Å². The molecule has 7 heteroatoms. The average Bonchev–Trinajstić information content (AvgIpc) is 2.89. The number of nitrogens with one attached hydrogen (secondary N) is 2. The van der Waals surface area contributed by atoms with Crippen LogP contribution in [0, 0.1) is 0 Å². The maximum absolute atomic E-state index is 12.9. The number of carbonyl (C=O) groups is 2. The molecule has 0 saturated carbocycles. The van der Waals surface area contributed by atoms with Gasteiger partial charge >= 0.3 is 12.0 Å². The van der Waals surface area contributed by atoms with Crippen molar-refractivity contribution < 1.29 is 24.2 Å². The molecular weight excluding hydrogens is 480 g/mol. The highest BCUT2D eigenvalue weighted by atomic mass is 16.5. The highest BCUT2D eigenvalue weighted by Crippen LogP contribution is 2.39. The molecule has 0 aliphatic carbocycles. The van der Waals surface area contributed by atoms with Crippen molar-refractivity contribution in [3.05, 3.63) is 102 Å². The number of amides is 2. The van der Waals surface area contributed by atoms with Gasteiger partial charge in [-0.15, -0.1) is 0 Å². The number of para-hydroxylation sites is 2. The van der Waals surface area contributed by atoms with Crippen molar-refractivity contribution in [2.75, 3.05) is 17.7 Å². The van der Waals surface area contributed by atoms with E-state index in [9.17, 15) is 14.7 Å². The van der Waals surface area contributed by atoms with E-state index in [4.69, 9.17) is 9.47 Å². The number of rotatable bonds is 7. The summed E-state index contributed by atoms with van der Waals surface area (Å²) in [5.41, 5.74) is 3.31. The van der Waals surface area contributed by atoms with Gasteiger partial charge < -0.3 is 25.2 Å². The quantitative estimate of drug-likeness (QED) is 0.236. The van der Waals surface area contributed by atoms with Crippen LogP contribution in [-0.2, 0) is 5.41 Å². The van der Waals surface area contributed by atoms with E-state index in [1.165, 1.54) is 7.11 Å². The molecule has 0 fully saturated rings. The van der Waals surface area contributed by atoms with Crippen molar-refractivity contribution in [3.63, 3.8) is 0 Å². The molecule has 0 saturated heterocycles. The molecule has 4 aromatic rings. The lowest BCUT2D eigenvalue weighted by atomic mass is 9.86. The van der Waals surface area contributed by atoms with E-state index >= 15 is 0 Å². The smallest absolute Gasteiger partial charge is 0.339 e. The number of carboxylic acids is 1. The third kappa shape index (κ3) is 6.13. The molecule has 0 aliphatic rings. The molecule has 7 nitrogen and oxygen atoms in total. The summed E-state index contributed by atoms with van der Waals surface area (Å²) < 4.78 is 11.5. The lowest BCUT2D eigenvalue weighted by Gasteiger charge is -2.23. The minimum atomic E-state index is -1.09. The second-order valence-electron chi connectivity index (χ2n) is 9.72. The van der Waals surface area contributed by atoms with E-state index in [1.807, 2.05) is 48.5 Å². The molecule has 0 radical (unpaired) electrons. The number of carbonyl (C=O) groups excluding carboxylic acids is 1. The van der Waals surface area contributed by atoms with Crippen molar-refractivity contribution in [2.45, 2.75) is 26.2 Å². The lowest BCUT2D eigenvalue weighted by Crippen LogP contribution is -2.20. The Labute approximate surface area is 222 Å². The number of carboxylic acid groups (broad SMARTS) is 1. The zero-order valence-corrected chi connectivity index (χ0v) is 21.7. The van der Waals surface area contributed by atoms with E-state index in [0.29, 0.717) is 34.0 Å². The molecule has 194 valence electrons. The average molecular weight is 511 g/mol. The summed E-state index contributed by atoms with van der Waals surface area (Å²) >= 11 is 0. The van der Waals surface area contributed by atoms with Crippen LogP contribution in [0.5, 0.6) is 17.2 Å². The number of hydrogen-bond donors (Lipinski definition) is 3. The van der Waals surface area contributed by atoms with Crippen LogP contribution in [0.25, 0.3) is 11.1 Å². The fourth-order valence-electron chi connectivity index (χ4n) is 4.05. The molecule has 0 bridgehead atoms. The lowest BCUT2D eigenvalue weighted by molar-refractivity contribution is 0.0693. The fourth-order valence-corrected chi connectivity index (χ4v) is 4.05. The molecule has 4 rings (SSSR count). The molecule has 38 heavy (non-hydrogen) atoms. The Morgan fingerprint density at radius 3 is 2.03 bits per heavy atom. The topological polar surface area (TPSA) is 96.9 Å². The third-order valence-electron chi connectivity index (χ3n) is 5.94. The predicted octanol–water partition coefficient (Wildman–Crippen LogP) is 7.79. The first-order valence-electron chi connectivity index (χ1n) is 12.1. The van der Waals surface area contributed by atoms with Gasteiger partial charge in [-0.1, -0.05) is 69.3 Å². The van der Waals surface area contributed by atoms with E-state index in [0.717, 1.165) is 5.56 Å². The van der Waals surface area contributed by atoms with E-state index in [-0.39, 0.29) is 16.7 Å². The van der Waals surface area contributed by atoms with Crippen molar-refractivity contribution in [1.29, 1.82) is 0 Å². The van der Waals surface area contributed by atoms with Gasteiger partial charge in [0.2, 0.25) is 0 Å². The van der Waals surface area contributed by atoms with Crippen LogP contribution in [0.15, 0.2) is 91.0 Å². The Bertz CT molecular complexity index is 1460. The fraction of sp³-hybridized carbons (Fsp3) is 0.161. The Kier molecular flexibility index (Phi) is 7.67. The first kappa shape index (κ1) is 26.3. The Hall–Kier alpha value is -4.78. The molecule has 0 atom stereocenters. The predicted molar refractivity (Wildman–Crippen MR) is 150 cm³/mol. The highest BCUT2D eigenvalue weighted by molar-refractivity contribution is 6.01. The van der Waals surface area contributed by atoms with Crippen LogP contribution in [0.1, 0.15) is 36.7 Å². The number of ether oxygens (including phenoxy) is 2. The second-order valence-corrected chi connectivity index (χ2v) is 9.72. The molecule has 4 aromatic carbocycles. The number of urea groups is 1. The SMILES string of the molecule is COc1ccc(-c2ccc(Oc3ccccc3C(C)(C)C)c(NC(=O)Nc3ccccc3)c2)cc1C(=O)O. The van der Waals surface area contributed by atoms with Crippen LogP contribution in [0.2, 0.25) is 0 Å². The van der Waals surface area contributed by atoms with Gasteiger partial charge in [0.05, 0.1) is 12.8 Å². The number of hydrogen-bond acceptors (Lipinski definition) is 4. The molecular formula is C31H30N2O5. The van der Waals surface area contributed by atoms with Crippen molar-refractivity contribution in [2.24, 2.45) is 0 Å². The number of aromatic carboxylic acids is 1.